The molecule has 32 heavy (non-hydrogen) atoms. The van der Waals surface area contributed by atoms with Gasteiger partial charge in [0.15, 0.2) is 6.29 Å². The summed E-state index contributed by atoms with van der Waals surface area (Å²) in [6.45, 7) is 4.03. The van der Waals surface area contributed by atoms with Crippen molar-refractivity contribution in [2.24, 2.45) is 0 Å². The van der Waals surface area contributed by atoms with E-state index in [-0.39, 0.29) is 12.5 Å². The van der Waals surface area contributed by atoms with Gasteiger partial charge in [0.1, 0.15) is 12.8 Å². The molecule has 3 aromatic rings. The maximum atomic E-state index is 13.1. The first-order valence-corrected chi connectivity index (χ1v) is 11.1. The van der Waals surface area contributed by atoms with Gasteiger partial charge in [-0.3, -0.25) is 4.90 Å². The molecule has 2 unspecified atom stereocenters. The molecule has 1 fully saturated rings. The number of benzene rings is 3. The fourth-order valence-corrected chi connectivity index (χ4v) is 4.88. The Morgan fingerprint density at radius 1 is 0.969 bits per heavy atom. The Morgan fingerprint density at radius 2 is 1.56 bits per heavy atom. The number of fused-ring (bicyclic) bond motifs is 3. The van der Waals surface area contributed by atoms with Gasteiger partial charge in [0.05, 0.1) is 6.04 Å². The van der Waals surface area contributed by atoms with Crippen LogP contribution in [0.4, 0.5) is 4.79 Å². The molecular formula is C27H27NO4. The number of nitrogens with zero attached hydrogens (tertiary/aromatic N) is 1. The number of aliphatic hydroxyl groups excluding tert-OH is 1. The SMILES string of the molecule is Cc1ccc(C[C@H]2C(O)OC(C)N2C(=O)OCC2c3ccccc3-c3ccccc32)cc1. The van der Waals surface area contributed by atoms with E-state index in [1.54, 1.807) is 6.92 Å². The van der Waals surface area contributed by atoms with Gasteiger partial charge in [-0.25, -0.2) is 4.79 Å². The van der Waals surface area contributed by atoms with Crippen LogP contribution in [-0.4, -0.2) is 41.3 Å². The van der Waals surface area contributed by atoms with Gasteiger partial charge in [0, 0.05) is 5.92 Å². The molecule has 1 amide bonds. The minimum absolute atomic E-state index is 0.00866. The number of ether oxygens (including phenoxy) is 2. The Morgan fingerprint density at radius 3 is 2.19 bits per heavy atom. The smallest absolute Gasteiger partial charge is 0.412 e. The zero-order valence-corrected chi connectivity index (χ0v) is 18.3. The normalized spacial score (nSPS) is 22.0. The fourth-order valence-electron chi connectivity index (χ4n) is 4.88. The second-order valence-electron chi connectivity index (χ2n) is 8.59. The van der Waals surface area contributed by atoms with Gasteiger partial charge in [-0.2, -0.15) is 0 Å². The summed E-state index contributed by atoms with van der Waals surface area (Å²) in [5.74, 6) is -0.00866. The van der Waals surface area contributed by atoms with E-state index >= 15 is 0 Å². The summed E-state index contributed by atoms with van der Waals surface area (Å²) in [4.78, 5) is 14.7. The number of hydrogen-bond donors (Lipinski definition) is 1. The van der Waals surface area contributed by atoms with Gasteiger partial charge < -0.3 is 14.6 Å². The number of rotatable bonds is 4. The lowest BCUT2D eigenvalue weighted by Crippen LogP contribution is -2.44. The topological polar surface area (TPSA) is 59.0 Å². The van der Waals surface area contributed by atoms with Gasteiger partial charge in [0.2, 0.25) is 0 Å². The van der Waals surface area contributed by atoms with Gasteiger partial charge in [-0.05, 0) is 48.1 Å². The highest BCUT2D eigenvalue weighted by molar-refractivity contribution is 5.79. The van der Waals surface area contributed by atoms with Crippen molar-refractivity contribution in [1.82, 2.24) is 4.90 Å². The molecule has 3 atom stereocenters. The lowest BCUT2D eigenvalue weighted by atomic mass is 9.98. The molecule has 0 spiro atoms. The van der Waals surface area contributed by atoms with E-state index in [4.69, 9.17) is 9.47 Å². The van der Waals surface area contributed by atoms with Crippen LogP contribution >= 0.6 is 0 Å². The van der Waals surface area contributed by atoms with Crippen LogP contribution in [0, 0.1) is 6.92 Å². The maximum absolute atomic E-state index is 13.1. The van der Waals surface area contributed by atoms with Crippen molar-refractivity contribution in [2.75, 3.05) is 6.61 Å². The fraction of sp³-hybridized carbons (Fsp3) is 0.296. The minimum Gasteiger partial charge on any atom is -0.448 e. The lowest BCUT2D eigenvalue weighted by molar-refractivity contribution is -0.0946. The Kier molecular flexibility index (Phi) is 5.45. The van der Waals surface area contributed by atoms with E-state index in [2.05, 4.69) is 24.3 Å². The van der Waals surface area contributed by atoms with E-state index in [0.29, 0.717) is 6.42 Å². The van der Waals surface area contributed by atoms with Crippen molar-refractivity contribution in [1.29, 1.82) is 0 Å². The van der Waals surface area contributed by atoms with Crippen LogP contribution in [0.15, 0.2) is 72.8 Å². The third kappa shape index (κ3) is 3.68. The number of aliphatic hydroxyl groups is 1. The molecule has 2 aliphatic rings. The number of amides is 1. The number of hydrogen-bond acceptors (Lipinski definition) is 4. The molecule has 5 nitrogen and oxygen atoms in total. The monoisotopic (exact) mass is 429 g/mol. The third-order valence-corrected chi connectivity index (χ3v) is 6.53. The molecule has 1 N–H and O–H groups in total. The van der Waals surface area contributed by atoms with E-state index in [0.717, 1.165) is 5.56 Å². The van der Waals surface area contributed by atoms with Crippen LogP contribution in [0.3, 0.4) is 0 Å². The largest absolute Gasteiger partial charge is 0.448 e. The molecule has 0 aromatic heterocycles. The molecule has 5 rings (SSSR count). The average molecular weight is 430 g/mol. The van der Waals surface area contributed by atoms with Crippen LogP contribution in [-0.2, 0) is 15.9 Å². The van der Waals surface area contributed by atoms with Gasteiger partial charge in [-0.1, -0.05) is 78.4 Å². The molecule has 5 heteroatoms. The molecule has 1 saturated heterocycles. The second kappa shape index (κ2) is 8.41. The predicted octanol–water partition coefficient (Wildman–Crippen LogP) is 4.85. The van der Waals surface area contributed by atoms with E-state index in [1.807, 2.05) is 55.5 Å². The first kappa shape index (κ1) is 20.7. The first-order valence-electron chi connectivity index (χ1n) is 11.1. The van der Waals surface area contributed by atoms with Crippen molar-refractivity contribution in [2.45, 2.75) is 44.7 Å². The molecule has 0 saturated carbocycles. The number of carbonyl (C=O) groups excluding carboxylic acids is 1. The second-order valence-corrected chi connectivity index (χ2v) is 8.59. The summed E-state index contributed by atoms with van der Waals surface area (Å²) < 4.78 is 11.4. The van der Waals surface area contributed by atoms with Crippen molar-refractivity contribution >= 4 is 6.09 Å². The maximum Gasteiger partial charge on any atom is 0.412 e. The highest BCUT2D eigenvalue weighted by Gasteiger charge is 2.43. The van der Waals surface area contributed by atoms with E-state index in [9.17, 15) is 9.90 Å². The molecule has 1 heterocycles. The first-order chi connectivity index (χ1) is 15.5. The summed E-state index contributed by atoms with van der Waals surface area (Å²) in [6.07, 6.45) is -1.58. The lowest BCUT2D eigenvalue weighted by Gasteiger charge is -2.27. The Hall–Kier alpha value is -3.15. The van der Waals surface area contributed by atoms with Crippen molar-refractivity contribution in [3.63, 3.8) is 0 Å². The number of aryl methyl sites for hydroxylation is 1. The molecule has 1 aliphatic carbocycles. The third-order valence-electron chi connectivity index (χ3n) is 6.53. The highest BCUT2D eigenvalue weighted by Crippen LogP contribution is 2.44. The summed E-state index contributed by atoms with van der Waals surface area (Å²) in [7, 11) is 0. The molecule has 3 aromatic carbocycles. The summed E-state index contributed by atoms with van der Waals surface area (Å²) in [5, 5.41) is 10.5. The van der Waals surface area contributed by atoms with Crippen molar-refractivity contribution in [3.05, 3.63) is 95.1 Å². The Labute approximate surface area is 188 Å². The quantitative estimate of drug-likeness (QED) is 0.644. The molecule has 0 bridgehead atoms. The van der Waals surface area contributed by atoms with Gasteiger partial charge in [-0.15, -0.1) is 0 Å². The van der Waals surface area contributed by atoms with Gasteiger partial charge >= 0.3 is 6.09 Å². The molecular weight excluding hydrogens is 402 g/mol. The zero-order chi connectivity index (χ0) is 22.2. The van der Waals surface area contributed by atoms with Crippen molar-refractivity contribution in [3.8, 4) is 11.1 Å². The van der Waals surface area contributed by atoms with Crippen LogP contribution in [0.2, 0.25) is 0 Å². The molecule has 1 aliphatic heterocycles. The Bertz CT molecular complexity index is 1080. The van der Waals surface area contributed by atoms with Crippen LogP contribution in [0.1, 0.15) is 35.1 Å². The summed E-state index contributed by atoms with van der Waals surface area (Å²) >= 11 is 0. The predicted molar refractivity (Wildman–Crippen MR) is 122 cm³/mol. The van der Waals surface area contributed by atoms with Crippen LogP contribution in [0.25, 0.3) is 11.1 Å². The van der Waals surface area contributed by atoms with Crippen LogP contribution < -0.4 is 0 Å². The molecule has 164 valence electrons. The minimum atomic E-state index is -1.05. The average Bonchev–Trinajstić information content (AvgIpc) is 3.27. The van der Waals surface area contributed by atoms with Crippen molar-refractivity contribution < 1.29 is 19.4 Å². The van der Waals surface area contributed by atoms with E-state index in [1.165, 1.54) is 32.7 Å². The molecule has 0 radical (unpaired) electrons. The standard InChI is InChI=1S/C27H27NO4/c1-17-11-13-19(14-12-17)15-25-26(29)32-18(2)28(25)27(30)31-16-24-22-9-5-3-7-20(22)21-8-4-6-10-23(21)24/h3-14,18,24-26,29H,15-16H2,1-2H3/t18?,25-,26?/m0/s1. The highest BCUT2D eigenvalue weighted by atomic mass is 16.6. The zero-order valence-electron chi connectivity index (χ0n) is 18.3. The Balaban J connectivity index is 1.33. The number of carbonyl (C=O) groups is 1. The van der Waals surface area contributed by atoms with Gasteiger partial charge in [0.25, 0.3) is 0 Å². The van der Waals surface area contributed by atoms with E-state index < -0.39 is 24.7 Å². The van der Waals surface area contributed by atoms with Crippen LogP contribution in [0.5, 0.6) is 0 Å². The summed E-state index contributed by atoms with van der Waals surface area (Å²) in [6, 6.07) is 24.1. The summed E-state index contributed by atoms with van der Waals surface area (Å²) in [5.41, 5.74) is 6.92.